The van der Waals surface area contributed by atoms with Crippen molar-refractivity contribution in [1.29, 1.82) is 0 Å². The summed E-state index contributed by atoms with van der Waals surface area (Å²) in [5.41, 5.74) is 0.800. The van der Waals surface area contributed by atoms with Gasteiger partial charge in [0.1, 0.15) is 22.9 Å². The molecule has 2 saturated heterocycles. The highest BCUT2D eigenvalue weighted by Gasteiger charge is 2.43. The van der Waals surface area contributed by atoms with Gasteiger partial charge in [-0.25, -0.2) is 9.98 Å². The van der Waals surface area contributed by atoms with Crippen LogP contribution < -0.4 is 16.0 Å². The summed E-state index contributed by atoms with van der Waals surface area (Å²) < 4.78 is 0.962. The maximum absolute atomic E-state index is 13.3. The number of fused-ring (bicyclic) bond motifs is 1. The smallest absolute Gasteiger partial charge is 0.244 e. The first-order valence-electron chi connectivity index (χ1n) is 11.3. The quantitative estimate of drug-likeness (QED) is 0.358. The predicted octanol–water partition coefficient (Wildman–Crippen LogP) is -0.292. The van der Waals surface area contributed by atoms with Crippen molar-refractivity contribution in [3.63, 3.8) is 0 Å². The van der Waals surface area contributed by atoms with Crippen LogP contribution >= 0.6 is 11.3 Å². The number of amidine groups is 1. The molecule has 3 fully saturated rings. The Balaban J connectivity index is 1.50. The molecule has 1 aromatic heterocycles. The second-order valence-electron chi connectivity index (χ2n) is 8.79. The lowest BCUT2D eigenvalue weighted by atomic mass is 10.1. The van der Waals surface area contributed by atoms with E-state index in [-0.39, 0.29) is 18.6 Å². The summed E-state index contributed by atoms with van der Waals surface area (Å²) in [5.74, 6) is -0.870. The molecule has 11 heteroatoms. The highest BCUT2D eigenvalue weighted by atomic mass is 32.1. The summed E-state index contributed by atoms with van der Waals surface area (Å²) in [4.78, 5) is 27.3. The number of nitrogens with zero attached hydrogens (tertiary/aromatic N) is 3. The third-order valence-electron chi connectivity index (χ3n) is 6.47. The van der Waals surface area contributed by atoms with Crippen molar-refractivity contribution in [1.82, 2.24) is 20.9 Å². The first kappa shape index (κ1) is 22.4. The topological polar surface area (TPSA) is 151 Å². The summed E-state index contributed by atoms with van der Waals surface area (Å²) in [6.07, 6.45) is 0.0638. The van der Waals surface area contributed by atoms with E-state index in [2.05, 4.69) is 30.9 Å². The number of carbonyl (C=O) groups excluding carboxylic acids is 1. The van der Waals surface area contributed by atoms with Crippen LogP contribution in [-0.4, -0.2) is 82.0 Å². The second-order valence-corrected chi connectivity index (χ2v) is 9.85. The zero-order chi connectivity index (χ0) is 22.9. The van der Waals surface area contributed by atoms with Gasteiger partial charge in [-0.2, -0.15) is 0 Å². The van der Waals surface area contributed by atoms with E-state index in [1.165, 1.54) is 11.3 Å². The molecule has 1 aromatic carbocycles. The van der Waals surface area contributed by atoms with E-state index in [0.717, 1.165) is 36.1 Å². The number of hydrogen-bond donors (Lipinski definition) is 6. The lowest BCUT2D eigenvalue weighted by Gasteiger charge is -2.28. The van der Waals surface area contributed by atoms with Gasteiger partial charge in [0.05, 0.1) is 28.4 Å². The molecule has 3 heterocycles. The Morgan fingerprint density at radius 1 is 1.15 bits per heavy atom. The minimum Gasteiger partial charge on any atom is -0.396 e. The van der Waals surface area contributed by atoms with Crippen LogP contribution in [0.4, 0.5) is 0 Å². The van der Waals surface area contributed by atoms with Gasteiger partial charge in [-0.3, -0.25) is 15.1 Å². The third-order valence-corrected chi connectivity index (χ3v) is 7.58. The summed E-state index contributed by atoms with van der Waals surface area (Å²) in [6, 6.07) is 7.06. The summed E-state index contributed by atoms with van der Waals surface area (Å²) in [6.45, 7) is 1.46. The van der Waals surface area contributed by atoms with Gasteiger partial charge in [0, 0.05) is 19.1 Å². The van der Waals surface area contributed by atoms with Crippen LogP contribution in [0.1, 0.15) is 30.2 Å². The lowest BCUT2D eigenvalue weighted by molar-refractivity contribution is -0.120. The highest BCUT2D eigenvalue weighted by molar-refractivity contribution is 7.18. The minimum atomic E-state index is -1.12. The Morgan fingerprint density at radius 2 is 2.00 bits per heavy atom. The first-order chi connectivity index (χ1) is 16.0. The molecule has 0 radical (unpaired) electrons. The number of guanidine groups is 1. The molecule has 3 aliphatic rings. The Hall–Kier alpha value is -2.44. The van der Waals surface area contributed by atoms with Gasteiger partial charge in [-0.05, 0) is 37.9 Å². The van der Waals surface area contributed by atoms with E-state index in [4.69, 9.17) is 0 Å². The number of aliphatic hydroxyl groups is 3. The van der Waals surface area contributed by atoms with Crippen molar-refractivity contribution in [2.24, 2.45) is 15.9 Å². The average Bonchev–Trinajstić information content (AvgIpc) is 3.35. The SMILES string of the molecule is O=C1NC(=N[C@@H]2CCCNC2)NC(=N[C@@H]2C[C@H](CO)[C@@H](O)[C@H]2O)C1c1nc2ccccc2s1. The van der Waals surface area contributed by atoms with Crippen LogP contribution in [0.25, 0.3) is 10.2 Å². The molecule has 0 spiro atoms. The molecule has 10 nitrogen and oxygen atoms in total. The van der Waals surface area contributed by atoms with Crippen LogP contribution in [0.15, 0.2) is 34.3 Å². The number of thiazole rings is 1. The molecule has 6 atom stereocenters. The van der Waals surface area contributed by atoms with Gasteiger partial charge >= 0.3 is 0 Å². The van der Waals surface area contributed by atoms with Crippen LogP contribution in [0.2, 0.25) is 0 Å². The molecule has 1 unspecified atom stereocenters. The minimum absolute atomic E-state index is 0.0412. The fourth-order valence-electron chi connectivity index (χ4n) is 4.66. The molecule has 2 aromatic rings. The number of rotatable bonds is 4. The largest absolute Gasteiger partial charge is 0.396 e. The third kappa shape index (κ3) is 4.51. The van der Waals surface area contributed by atoms with Crippen LogP contribution in [-0.2, 0) is 4.79 Å². The number of aliphatic hydroxyl groups excluding tert-OH is 3. The number of para-hydroxylation sites is 1. The van der Waals surface area contributed by atoms with Crippen molar-refractivity contribution >= 4 is 39.3 Å². The standard InChI is InChI=1S/C22H28N6O4S/c29-10-11-8-14(18(31)17(11)30)25-19-16(21-26-13-5-1-2-6-15(13)33-21)20(32)28-22(27-19)24-12-4-3-7-23-9-12/h1-2,5-6,11-12,14,16-18,23,29-31H,3-4,7-10H2,(H2,24,25,27,28,32)/t11-,12-,14-,16?,17-,18+/m1/s1. The van der Waals surface area contributed by atoms with Gasteiger partial charge in [-0.1, -0.05) is 12.1 Å². The summed E-state index contributed by atoms with van der Waals surface area (Å²) in [5, 5.41) is 40.2. The van der Waals surface area contributed by atoms with Crippen LogP contribution in [0.5, 0.6) is 0 Å². The monoisotopic (exact) mass is 472 g/mol. The maximum atomic E-state index is 13.3. The first-order valence-corrected chi connectivity index (χ1v) is 12.1. The molecule has 1 aliphatic carbocycles. The fraction of sp³-hybridized carbons (Fsp3) is 0.545. The van der Waals surface area contributed by atoms with E-state index < -0.39 is 30.1 Å². The van der Waals surface area contributed by atoms with Crippen molar-refractivity contribution in [2.45, 2.75) is 49.5 Å². The van der Waals surface area contributed by atoms with E-state index >= 15 is 0 Å². The highest BCUT2D eigenvalue weighted by Crippen LogP contribution is 2.32. The number of amides is 1. The molecule has 33 heavy (non-hydrogen) atoms. The Labute approximate surface area is 194 Å². The zero-order valence-electron chi connectivity index (χ0n) is 18.0. The van der Waals surface area contributed by atoms with E-state index in [0.29, 0.717) is 23.2 Å². The number of piperidine rings is 1. The van der Waals surface area contributed by atoms with E-state index in [1.54, 1.807) is 0 Å². The second kappa shape index (κ2) is 9.43. The lowest BCUT2D eigenvalue weighted by Crippen LogP contribution is -2.56. The predicted molar refractivity (Wildman–Crippen MR) is 125 cm³/mol. The number of carbonyl (C=O) groups is 1. The van der Waals surface area contributed by atoms with Gasteiger partial charge in [-0.15, -0.1) is 11.3 Å². The summed E-state index contributed by atoms with van der Waals surface area (Å²) >= 11 is 1.42. The normalized spacial score (nSPS) is 35.2. The molecule has 1 saturated carbocycles. The number of hydrogen-bond acceptors (Lipinski definition) is 9. The molecule has 6 N–H and O–H groups in total. The van der Waals surface area contributed by atoms with Gasteiger partial charge < -0.3 is 26.0 Å². The van der Waals surface area contributed by atoms with Crippen LogP contribution in [0.3, 0.4) is 0 Å². The number of benzene rings is 1. The Kier molecular flexibility index (Phi) is 6.39. The van der Waals surface area contributed by atoms with Crippen molar-refractivity contribution in [3.05, 3.63) is 29.3 Å². The maximum Gasteiger partial charge on any atom is 0.244 e. The van der Waals surface area contributed by atoms with Crippen molar-refractivity contribution in [3.8, 4) is 0 Å². The van der Waals surface area contributed by atoms with Crippen molar-refractivity contribution < 1.29 is 20.1 Å². The molecule has 5 rings (SSSR count). The van der Waals surface area contributed by atoms with E-state index in [1.807, 2.05) is 24.3 Å². The van der Waals surface area contributed by atoms with E-state index in [9.17, 15) is 20.1 Å². The van der Waals surface area contributed by atoms with Crippen molar-refractivity contribution in [2.75, 3.05) is 19.7 Å². The number of aliphatic imine (C=N–C) groups is 2. The van der Waals surface area contributed by atoms with Crippen LogP contribution in [0, 0.1) is 5.92 Å². The molecular weight excluding hydrogens is 444 g/mol. The van der Waals surface area contributed by atoms with Gasteiger partial charge in [0.2, 0.25) is 11.9 Å². The average molecular weight is 473 g/mol. The molecular formula is C22H28N6O4S. The Bertz CT molecular complexity index is 1050. The van der Waals surface area contributed by atoms with Gasteiger partial charge in [0.25, 0.3) is 0 Å². The molecule has 176 valence electrons. The zero-order valence-corrected chi connectivity index (χ0v) is 18.8. The number of nitrogens with one attached hydrogen (secondary N) is 3. The molecule has 0 bridgehead atoms. The summed E-state index contributed by atoms with van der Waals surface area (Å²) in [7, 11) is 0. The number of aromatic nitrogens is 1. The fourth-order valence-corrected chi connectivity index (χ4v) is 5.73. The van der Waals surface area contributed by atoms with Gasteiger partial charge in [0.15, 0.2) is 0 Å². The molecule has 1 amide bonds. The molecule has 2 aliphatic heterocycles. The Morgan fingerprint density at radius 3 is 2.73 bits per heavy atom.